The van der Waals surface area contributed by atoms with Gasteiger partial charge in [-0.3, -0.25) is 4.90 Å². The fourth-order valence-corrected chi connectivity index (χ4v) is 4.72. The number of ether oxygens (including phenoxy) is 1. The normalized spacial score (nSPS) is 27.9. The molecule has 4 rings (SSSR count). The van der Waals surface area contributed by atoms with Crippen LogP contribution in [0.3, 0.4) is 0 Å². The molecule has 0 aliphatic carbocycles. The van der Waals surface area contributed by atoms with Crippen molar-refractivity contribution >= 4 is 0 Å². The lowest BCUT2D eigenvalue weighted by molar-refractivity contribution is -0.0674. The third kappa shape index (κ3) is 3.56. The van der Waals surface area contributed by atoms with Crippen LogP contribution in [0.4, 0.5) is 8.78 Å². The maximum atomic E-state index is 13.4. The van der Waals surface area contributed by atoms with Crippen molar-refractivity contribution < 1.29 is 13.5 Å². The van der Waals surface area contributed by atoms with Gasteiger partial charge >= 0.3 is 0 Å². The zero-order valence-corrected chi connectivity index (χ0v) is 15.5. The molecule has 2 saturated heterocycles. The van der Waals surface area contributed by atoms with Gasteiger partial charge in [-0.15, -0.1) is 6.58 Å². The summed E-state index contributed by atoms with van der Waals surface area (Å²) in [5.41, 5.74) is 1.74. The van der Waals surface area contributed by atoms with Gasteiger partial charge in [-0.2, -0.15) is 0 Å². The summed E-state index contributed by atoms with van der Waals surface area (Å²) in [5.74, 6) is -0.312. The van der Waals surface area contributed by atoms with Gasteiger partial charge in [0.1, 0.15) is 17.7 Å². The third-order valence-corrected chi connectivity index (χ3v) is 6.20. The summed E-state index contributed by atoms with van der Waals surface area (Å²) in [5, 5.41) is 0. The lowest BCUT2D eigenvalue weighted by atomic mass is 9.87. The van der Waals surface area contributed by atoms with Crippen LogP contribution in [0.25, 0.3) is 0 Å². The van der Waals surface area contributed by atoms with Crippen LogP contribution < -0.4 is 0 Å². The summed E-state index contributed by atoms with van der Waals surface area (Å²) in [7, 11) is 2.19. The standard InChI is InChI=1S/C23H25F2NO/c1-3-20-21-13-12-19(26(21)2)14-22(20)27-23(15-4-8-17(24)9-5-15)16-6-10-18(25)11-7-16/h3-11,19-23H,1,12-14H2,2H3/t19-,20+,21+,22+/m1/s1. The van der Waals surface area contributed by atoms with Crippen molar-refractivity contribution in [3.8, 4) is 0 Å². The molecule has 0 amide bonds. The number of rotatable bonds is 5. The second-order valence-electron chi connectivity index (χ2n) is 7.67. The van der Waals surface area contributed by atoms with Crippen molar-refractivity contribution in [2.24, 2.45) is 5.92 Å². The molecular formula is C23H25F2NO. The van der Waals surface area contributed by atoms with E-state index in [-0.39, 0.29) is 29.8 Å². The van der Waals surface area contributed by atoms with Gasteiger partial charge in [0.25, 0.3) is 0 Å². The van der Waals surface area contributed by atoms with Crippen LogP contribution >= 0.6 is 0 Å². The Morgan fingerprint density at radius 2 is 1.56 bits per heavy atom. The Morgan fingerprint density at radius 3 is 2.07 bits per heavy atom. The number of hydrogen-bond acceptors (Lipinski definition) is 2. The molecule has 0 aromatic heterocycles. The molecule has 2 bridgehead atoms. The van der Waals surface area contributed by atoms with Gasteiger partial charge in [-0.25, -0.2) is 8.78 Å². The van der Waals surface area contributed by atoms with Crippen molar-refractivity contribution in [2.75, 3.05) is 7.05 Å². The Balaban J connectivity index is 1.65. The fraction of sp³-hybridized carbons (Fsp3) is 0.391. The largest absolute Gasteiger partial charge is 0.365 e. The van der Waals surface area contributed by atoms with E-state index in [4.69, 9.17) is 4.74 Å². The summed E-state index contributed by atoms with van der Waals surface area (Å²) < 4.78 is 33.5. The summed E-state index contributed by atoms with van der Waals surface area (Å²) in [4.78, 5) is 2.46. The first kappa shape index (κ1) is 18.3. The second kappa shape index (κ2) is 7.53. The highest BCUT2D eigenvalue weighted by Gasteiger charge is 2.45. The SMILES string of the molecule is C=C[C@@H]1[C@@H](OC(c2ccc(F)cc2)c2ccc(F)cc2)C[C@H]2CC[C@@H]1N2C. The maximum Gasteiger partial charge on any atom is 0.123 e. The first-order valence-electron chi connectivity index (χ1n) is 9.57. The van der Waals surface area contributed by atoms with E-state index in [1.807, 2.05) is 6.08 Å². The number of hydrogen-bond donors (Lipinski definition) is 0. The average Bonchev–Trinajstić information content (AvgIpc) is 2.92. The maximum absolute atomic E-state index is 13.4. The van der Waals surface area contributed by atoms with Crippen LogP contribution in [0.2, 0.25) is 0 Å². The molecule has 4 heteroatoms. The highest BCUT2D eigenvalue weighted by molar-refractivity contribution is 5.31. The fourth-order valence-electron chi connectivity index (χ4n) is 4.72. The Bertz CT molecular complexity index is 744. The quantitative estimate of drug-likeness (QED) is 0.679. The lowest BCUT2D eigenvalue weighted by Gasteiger charge is -2.42. The minimum absolute atomic E-state index is 0.0382. The summed E-state index contributed by atoms with van der Waals surface area (Å²) in [6.45, 7) is 4.06. The zero-order chi connectivity index (χ0) is 19.0. The molecule has 2 aliphatic heterocycles. The zero-order valence-electron chi connectivity index (χ0n) is 15.5. The highest BCUT2D eigenvalue weighted by Crippen LogP contribution is 2.42. The number of nitrogens with zero attached hydrogens (tertiary/aromatic N) is 1. The molecule has 0 radical (unpaired) electrons. The predicted octanol–water partition coefficient (Wildman–Crippen LogP) is 5.11. The average molecular weight is 369 g/mol. The Kier molecular flexibility index (Phi) is 5.11. The molecule has 2 heterocycles. The lowest BCUT2D eigenvalue weighted by Crippen LogP contribution is -2.49. The Labute approximate surface area is 159 Å². The second-order valence-corrected chi connectivity index (χ2v) is 7.67. The van der Waals surface area contributed by atoms with Crippen molar-refractivity contribution in [1.82, 2.24) is 4.90 Å². The van der Waals surface area contributed by atoms with Crippen LogP contribution in [-0.4, -0.2) is 30.1 Å². The summed E-state index contributed by atoms with van der Waals surface area (Å²) >= 11 is 0. The van der Waals surface area contributed by atoms with E-state index in [9.17, 15) is 8.78 Å². The molecule has 0 unspecified atom stereocenters. The van der Waals surface area contributed by atoms with Gasteiger partial charge in [0.2, 0.25) is 0 Å². The van der Waals surface area contributed by atoms with Gasteiger partial charge in [-0.1, -0.05) is 30.3 Å². The van der Waals surface area contributed by atoms with Gasteiger partial charge in [-0.05, 0) is 61.7 Å². The minimum atomic E-state index is -0.360. The molecule has 2 aromatic rings. The van der Waals surface area contributed by atoms with E-state index in [1.54, 1.807) is 24.3 Å². The molecule has 0 N–H and O–H groups in total. The van der Waals surface area contributed by atoms with E-state index < -0.39 is 0 Å². The first-order valence-corrected chi connectivity index (χ1v) is 9.57. The molecule has 142 valence electrons. The van der Waals surface area contributed by atoms with Crippen molar-refractivity contribution in [3.63, 3.8) is 0 Å². The Hall–Kier alpha value is -2.04. The summed E-state index contributed by atoms with van der Waals surface area (Å²) in [6, 6.07) is 13.7. The van der Waals surface area contributed by atoms with Gasteiger partial charge in [0, 0.05) is 18.0 Å². The van der Waals surface area contributed by atoms with Crippen molar-refractivity contribution in [2.45, 2.75) is 43.6 Å². The molecule has 2 aliphatic rings. The number of halogens is 2. The number of fused-ring (bicyclic) bond motifs is 2. The van der Waals surface area contributed by atoms with Crippen LogP contribution in [0.5, 0.6) is 0 Å². The van der Waals surface area contributed by atoms with E-state index in [0.29, 0.717) is 12.1 Å². The van der Waals surface area contributed by atoms with E-state index in [0.717, 1.165) is 24.0 Å². The highest BCUT2D eigenvalue weighted by atomic mass is 19.1. The number of piperidine rings is 1. The number of benzene rings is 2. The molecule has 2 nitrogen and oxygen atoms in total. The van der Waals surface area contributed by atoms with Crippen molar-refractivity contribution in [3.05, 3.63) is 83.9 Å². The van der Waals surface area contributed by atoms with E-state index in [1.165, 1.54) is 30.7 Å². The first-order chi connectivity index (χ1) is 13.1. The molecular weight excluding hydrogens is 344 g/mol. The third-order valence-electron chi connectivity index (χ3n) is 6.20. The van der Waals surface area contributed by atoms with Crippen LogP contribution in [0.1, 0.15) is 36.5 Å². The van der Waals surface area contributed by atoms with Gasteiger partial charge in [0.05, 0.1) is 6.10 Å². The summed E-state index contributed by atoms with van der Waals surface area (Å²) in [6.07, 6.45) is 4.98. The van der Waals surface area contributed by atoms with Crippen LogP contribution in [0, 0.1) is 17.6 Å². The van der Waals surface area contributed by atoms with Crippen LogP contribution in [-0.2, 0) is 4.74 Å². The molecule has 27 heavy (non-hydrogen) atoms. The molecule has 0 saturated carbocycles. The molecule has 0 spiro atoms. The van der Waals surface area contributed by atoms with E-state index in [2.05, 4.69) is 18.5 Å². The van der Waals surface area contributed by atoms with E-state index >= 15 is 0 Å². The molecule has 2 aromatic carbocycles. The smallest absolute Gasteiger partial charge is 0.123 e. The molecule has 4 atom stereocenters. The van der Waals surface area contributed by atoms with Crippen molar-refractivity contribution in [1.29, 1.82) is 0 Å². The monoisotopic (exact) mass is 369 g/mol. The predicted molar refractivity (Wildman–Crippen MR) is 102 cm³/mol. The topological polar surface area (TPSA) is 12.5 Å². The minimum Gasteiger partial charge on any atom is -0.365 e. The van der Waals surface area contributed by atoms with Crippen LogP contribution in [0.15, 0.2) is 61.2 Å². The van der Waals surface area contributed by atoms with Gasteiger partial charge < -0.3 is 4.74 Å². The molecule has 2 fully saturated rings. The Morgan fingerprint density at radius 1 is 1.00 bits per heavy atom. The van der Waals surface area contributed by atoms with Gasteiger partial charge in [0.15, 0.2) is 0 Å².